The molecule has 2 rings (SSSR count). The van der Waals surface area contributed by atoms with Crippen molar-refractivity contribution in [2.75, 3.05) is 11.5 Å². The van der Waals surface area contributed by atoms with Crippen LogP contribution in [0.5, 0.6) is 0 Å². The fourth-order valence-corrected chi connectivity index (χ4v) is 1.25. The molecular formula is C10H10N2O. The van der Waals surface area contributed by atoms with Gasteiger partial charge in [0, 0.05) is 22.9 Å². The lowest BCUT2D eigenvalue weighted by Crippen LogP contribution is -1.87. The normalized spacial score (nSPS) is 10.2. The van der Waals surface area contributed by atoms with Crippen molar-refractivity contribution in [2.45, 2.75) is 0 Å². The second-order valence-corrected chi connectivity index (χ2v) is 2.83. The lowest BCUT2D eigenvalue weighted by atomic mass is 10.1. The maximum absolute atomic E-state index is 5.78. The van der Waals surface area contributed by atoms with Crippen molar-refractivity contribution in [3.63, 3.8) is 0 Å². The highest BCUT2D eigenvalue weighted by atomic mass is 16.3. The molecule has 0 unspecified atom stereocenters. The van der Waals surface area contributed by atoms with Crippen molar-refractivity contribution >= 4 is 11.6 Å². The van der Waals surface area contributed by atoms with E-state index in [0.717, 1.165) is 16.8 Å². The van der Waals surface area contributed by atoms with Crippen LogP contribution in [0.4, 0.5) is 11.6 Å². The minimum Gasteiger partial charge on any atom is -0.449 e. The predicted molar refractivity (Wildman–Crippen MR) is 53.0 cm³/mol. The van der Waals surface area contributed by atoms with Crippen molar-refractivity contribution in [1.82, 2.24) is 0 Å². The largest absolute Gasteiger partial charge is 0.449 e. The monoisotopic (exact) mass is 174 g/mol. The van der Waals surface area contributed by atoms with Crippen LogP contribution in [0.3, 0.4) is 0 Å². The fraction of sp³-hybridized carbons (Fsp3) is 0. The molecule has 0 aliphatic heterocycles. The zero-order valence-corrected chi connectivity index (χ0v) is 7.03. The Balaban J connectivity index is 2.52. The van der Waals surface area contributed by atoms with Crippen LogP contribution in [0.1, 0.15) is 0 Å². The van der Waals surface area contributed by atoms with Gasteiger partial charge in [0.25, 0.3) is 0 Å². The van der Waals surface area contributed by atoms with Gasteiger partial charge in [-0.05, 0) is 6.07 Å². The number of anilines is 2. The number of hydrogen-bond donors (Lipinski definition) is 2. The van der Waals surface area contributed by atoms with E-state index in [-0.39, 0.29) is 0 Å². The first-order chi connectivity index (χ1) is 6.27. The van der Waals surface area contributed by atoms with E-state index < -0.39 is 0 Å². The smallest absolute Gasteiger partial charge is 0.190 e. The van der Waals surface area contributed by atoms with Gasteiger partial charge in [-0.25, -0.2) is 0 Å². The molecule has 0 aliphatic rings. The van der Waals surface area contributed by atoms with E-state index in [1.807, 2.05) is 24.3 Å². The summed E-state index contributed by atoms with van der Waals surface area (Å²) in [6.45, 7) is 0. The first-order valence-corrected chi connectivity index (χ1v) is 3.96. The predicted octanol–water partition coefficient (Wildman–Crippen LogP) is 2.11. The Labute approximate surface area is 76.0 Å². The number of furan rings is 1. The minimum absolute atomic E-state index is 0.401. The Bertz CT molecular complexity index is 420. The summed E-state index contributed by atoms with van der Waals surface area (Å²) in [6, 6.07) is 9.35. The molecule has 3 nitrogen and oxygen atoms in total. The molecule has 0 atom stereocenters. The van der Waals surface area contributed by atoms with Crippen molar-refractivity contribution < 1.29 is 4.42 Å². The zero-order valence-electron chi connectivity index (χ0n) is 7.03. The van der Waals surface area contributed by atoms with Crippen LogP contribution in [0.15, 0.2) is 41.0 Å². The topological polar surface area (TPSA) is 65.2 Å². The second kappa shape index (κ2) is 2.86. The Morgan fingerprint density at radius 1 is 1.08 bits per heavy atom. The van der Waals surface area contributed by atoms with E-state index in [4.69, 9.17) is 15.9 Å². The lowest BCUT2D eigenvalue weighted by molar-refractivity contribution is 0.588. The Hall–Kier alpha value is -1.90. The quantitative estimate of drug-likeness (QED) is 0.651. The average Bonchev–Trinajstić information content (AvgIpc) is 2.53. The van der Waals surface area contributed by atoms with Gasteiger partial charge < -0.3 is 15.9 Å². The molecule has 0 saturated heterocycles. The summed E-state index contributed by atoms with van der Waals surface area (Å²) in [6.07, 6.45) is 1.60. The van der Waals surface area contributed by atoms with Gasteiger partial charge >= 0.3 is 0 Å². The Kier molecular flexibility index (Phi) is 1.70. The zero-order chi connectivity index (χ0) is 9.26. The minimum atomic E-state index is 0.401. The van der Waals surface area contributed by atoms with E-state index in [1.165, 1.54) is 0 Å². The van der Waals surface area contributed by atoms with Crippen LogP contribution in [-0.4, -0.2) is 0 Å². The Morgan fingerprint density at radius 2 is 1.85 bits per heavy atom. The molecule has 1 aromatic heterocycles. The van der Waals surface area contributed by atoms with E-state index in [2.05, 4.69) is 0 Å². The summed E-state index contributed by atoms with van der Waals surface area (Å²) in [5.41, 5.74) is 13.8. The molecule has 66 valence electrons. The van der Waals surface area contributed by atoms with Gasteiger partial charge in [-0.15, -0.1) is 0 Å². The van der Waals surface area contributed by atoms with E-state index in [0.29, 0.717) is 5.88 Å². The van der Waals surface area contributed by atoms with Crippen molar-refractivity contribution in [2.24, 2.45) is 0 Å². The highest BCUT2D eigenvalue weighted by Gasteiger charge is 2.03. The summed E-state index contributed by atoms with van der Waals surface area (Å²) in [5.74, 6) is 0.401. The number of nitrogen functional groups attached to an aromatic ring is 2. The fourth-order valence-electron chi connectivity index (χ4n) is 1.25. The van der Waals surface area contributed by atoms with Crippen molar-refractivity contribution in [1.29, 1.82) is 0 Å². The lowest BCUT2D eigenvalue weighted by Gasteiger charge is -2.00. The van der Waals surface area contributed by atoms with Crippen LogP contribution in [0.2, 0.25) is 0 Å². The highest BCUT2D eigenvalue weighted by Crippen LogP contribution is 2.27. The number of rotatable bonds is 1. The maximum Gasteiger partial charge on any atom is 0.190 e. The third kappa shape index (κ3) is 1.36. The summed E-state index contributed by atoms with van der Waals surface area (Å²) < 4.78 is 5.00. The second-order valence-electron chi connectivity index (χ2n) is 2.83. The number of benzene rings is 1. The molecule has 1 aromatic carbocycles. The van der Waals surface area contributed by atoms with Crippen LogP contribution in [-0.2, 0) is 0 Å². The summed E-state index contributed by atoms with van der Waals surface area (Å²) in [7, 11) is 0. The first-order valence-electron chi connectivity index (χ1n) is 3.96. The van der Waals surface area contributed by atoms with Crippen molar-refractivity contribution in [3.8, 4) is 11.1 Å². The molecule has 0 fully saturated rings. The van der Waals surface area contributed by atoms with Gasteiger partial charge in [-0.1, -0.05) is 18.2 Å². The standard InChI is InChI=1S/C10H10N2O/c11-9-4-2-1-3-8(9)7-5-10(12)13-6-7/h1-6H,11-12H2. The number of nitrogens with two attached hydrogens (primary N) is 2. The van der Waals surface area contributed by atoms with Gasteiger partial charge in [0.05, 0.1) is 0 Å². The van der Waals surface area contributed by atoms with Gasteiger partial charge in [-0.3, -0.25) is 0 Å². The van der Waals surface area contributed by atoms with Crippen LogP contribution >= 0.6 is 0 Å². The third-order valence-corrected chi connectivity index (χ3v) is 1.89. The molecule has 0 saturated carbocycles. The number of hydrogen-bond acceptors (Lipinski definition) is 3. The molecule has 3 heteroatoms. The van der Waals surface area contributed by atoms with Crippen molar-refractivity contribution in [3.05, 3.63) is 36.6 Å². The molecule has 0 amide bonds. The highest BCUT2D eigenvalue weighted by molar-refractivity contribution is 5.76. The molecule has 1 heterocycles. The Morgan fingerprint density at radius 3 is 2.46 bits per heavy atom. The molecule has 0 spiro atoms. The van der Waals surface area contributed by atoms with Crippen LogP contribution in [0, 0.1) is 0 Å². The average molecular weight is 174 g/mol. The SMILES string of the molecule is Nc1cc(-c2ccccc2N)co1. The summed E-state index contributed by atoms with van der Waals surface area (Å²) in [4.78, 5) is 0. The number of para-hydroxylation sites is 1. The van der Waals surface area contributed by atoms with E-state index >= 15 is 0 Å². The molecule has 13 heavy (non-hydrogen) atoms. The van der Waals surface area contributed by atoms with E-state index in [1.54, 1.807) is 12.3 Å². The van der Waals surface area contributed by atoms with Gasteiger partial charge in [0.15, 0.2) is 5.88 Å². The molecule has 0 aliphatic carbocycles. The molecule has 2 aromatic rings. The molecular weight excluding hydrogens is 164 g/mol. The summed E-state index contributed by atoms with van der Waals surface area (Å²) >= 11 is 0. The first kappa shape index (κ1) is 7.73. The third-order valence-electron chi connectivity index (χ3n) is 1.89. The van der Waals surface area contributed by atoms with Crippen LogP contribution in [0.25, 0.3) is 11.1 Å². The van der Waals surface area contributed by atoms with E-state index in [9.17, 15) is 0 Å². The van der Waals surface area contributed by atoms with Gasteiger partial charge in [-0.2, -0.15) is 0 Å². The summed E-state index contributed by atoms with van der Waals surface area (Å²) in [5, 5.41) is 0. The molecule has 0 bridgehead atoms. The van der Waals surface area contributed by atoms with Gasteiger partial charge in [0.1, 0.15) is 6.26 Å². The van der Waals surface area contributed by atoms with Gasteiger partial charge in [0.2, 0.25) is 0 Å². The maximum atomic E-state index is 5.78. The van der Waals surface area contributed by atoms with Crippen LogP contribution < -0.4 is 11.5 Å². The molecule has 0 radical (unpaired) electrons. The molecule has 4 N–H and O–H groups in total.